The second-order valence-corrected chi connectivity index (χ2v) is 9.22. The summed E-state index contributed by atoms with van der Waals surface area (Å²) in [6.45, 7) is 10.9. The lowest BCUT2D eigenvalue weighted by molar-refractivity contribution is -0.134. The lowest BCUT2D eigenvalue weighted by atomic mass is 9.97. The van der Waals surface area contributed by atoms with E-state index in [-0.39, 0.29) is 23.8 Å². The van der Waals surface area contributed by atoms with E-state index in [1.165, 1.54) is 0 Å². The van der Waals surface area contributed by atoms with Crippen molar-refractivity contribution in [3.8, 4) is 0 Å². The Hall–Kier alpha value is -2.57. The van der Waals surface area contributed by atoms with Crippen molar-refractivity contribution in [3.63, 3.8) is 0 Å². The maximum Gasteiger partial charge on any atom is 0.410 e. The third-order valence-corrected chi connectivity index (χ3v) is 5.07. The van der Waals surface area contributed by atoms with Crippen molar-refractivity contribution in [1.82, 2.24) is 15.1 Å². The number of carbonyl (C=O) groups is 3. The second-order valence-electron chi connectivity index (χ2n) is 9.22. The molecule has 0 spiro atoms. The van der Waals surface area contributed by atoms with E-state index in [4.69, 9.17) is 4.74 Å². The topological polar surface area (TPSA) is 79.0 Å². The first-order valence-electron chi connectivity index (χ1n) is 10.6. The van der Waals surface area contributed by atoms with Crippen LogP contribution in [0.2, 0.25) is 0 Å². The molecule has 2 unspecified atom stereocenters. The van der Waals surface area contributed by atoms with Crippen LogP contribution in [0.3, 0.4) is 0 Å². The van der Waals surface area contributed by atoms with Crippen LogP contribution in [0.15, 0.2) is 24.3 Å². The first kappa shape index (κ1) is 23.7. The van der Waals surface area contributed by atoms with E-state index in [0.717, 1.165) is 18.4 Å². The van der Waals surface area contributed by atoms with Gasteiger partial charge in [0.05, 0.1) is 0 Å². The number of carbonyl (C=O) groups excluding carboxylic acids is 3. The Bertz CT molecular complexity index is 772. The molecule has 0 bridgehead atoms. The summed E-state index contributed by atoms with van der Waals surface area (Å²) in [5.41, 5.74) is 1.00. The van der Waals surface area contributed by atoms with Gasteiger partial charge in [-0.2, -0.15) is 0 Å². The fraction of sp³-hybridized carbons (Fsp3) is 0.609. The van der Waals surface area contributed by atoms with Gasteiger partial charge < -0.3 is 19.9 Å². The zero-order chi connectivity index (χ0) is 22.5. The highest BCUT2D eigenvalue weighted by Crippen LogP contribution is 2.19. The Morgan fingerprint density at radius 3 is 2.63 bits per heavy atom. The SMILES string of the molecule is Cc1cccc(C(=O)NC(C)C(=O)N2CCCC(CN(C)C(=O)OC(C)(C)C)C2)c1. The lowest BCUT2D eigenvalue weighted by Gasteiger charge is -2.36. The molecule has 2 rings (SSSR count). The van der Waals surface area contributed by atoms with Crippen molar-refractivity contribution in [2.24, 2.45) is 5.92 Å². The molecule has 1 aliphatic rings. The molecule has 0 radical (unpaired) electrons. The van der Waals surface area contributed by atoms with Gasteiger partial charge in [-0.05, 0) is 65.5 Å². The normalized spacial score (nSPS) is 17.8. The number of benzene rings is 1. The van der Waals surface area contributed by atoms with Crippen LogP contribution < -0.4 is 5.32 Å². The Labute approximate surface area is 179 Å². The highest BCUT2D eigenvalue weighted by molar-refractivity contribution is 5.97. The van der Waals surface area contributed by atoms with Gasteiger partial charge in [0.2, 0.25) is 5.91 Å². The van der Waals surface area contributed by atoms with Crippen molar-refractivity contribution in [2.45, 2.75) is 59.1 Å². The molecule has 1 aromatic rings. The van der Waals surface area contributed by atoms with Gasteiger partial charge in [0.1, 0.15) is 11.6 Å². The van der Waals surface area contributed by atoms with Crippen LogP contribution >= 0.6 is 0 Å². The fourth-order valence-corrected chi connectivity index (χ4v) is 3.62. The average molecular weight is 418 g/mol. The van der Waals surface area contributed by atoms with Gasteiger partial charge in [-0.3, -0.25) is 9.59 Å². The number of nitrogens with one attached hydrogen (secondary N) is 1. The van der Waals surface area contributed by atoms with Gasteiger partial charge in [-0.1, -0.05) is 17.7 Å². The first-order valence-corrected chi connectivity index (χ1v) is 10.6. The number of likely N-dealkylation sites (tertiary alicyclic amines) is 1. The summed E-state index contributed by atoms with van der Waals surface area (Å²) in [5.74, 6) is -0.168. The Morgan fingerprint density at radius 2 is 2.00 bits per heavy atom. The standard InChI is InChI=1S/C23H35N3O4/c1-16-9-7-11-19(13-16)20(27)24-17(2)21(28)26-12-8-10-18(15-26)14-25(6)22(29)30-23(3,4)5/h7,9,11,13,17-18H,8,10,12,14-15H2,1-6H3,(H,24,27). The minimum atomic E-state index is -0.611. The number of rotatable bonds is 5. The summed E-state index contributed by atoms with van der Waals surface area (Å²) < 4.78 is 5.41. The van der Waals surface area contributed by atoms with Gasteiger partial charge in [0.25, 0.3) is 5.91 Å². The Balaban J connectivity index is 1.90. The number of piperidine rings is 1. The van der Waals surface area contributed by atoms with Gasteiger partial charge in [0.15, 0.2) is 0 Å². The molecule has 166 valence electrons. The second kappa shape index (κ2) is 9.96. The van der Waals surface area contributed by atoms with E-state index in [0.29, 0.717) is 25.2 Å². The number of hydrogen-bond acceptors (Lipinski definition) is 4. The number of nitrogens with zero attached hydrogens (tertiary/aromatic N) is 2. The molecule has 1 saturated heterocycles. The number of amides is 3. The van der Waals surface area contributed by atoms with E-state index in [1.807, 2.05) is 39.8 Å². The Morgan fingerprint density at radius 1 is 1.30 bits per heavy atom. The third kappa shape index (κ3) is 7.04. The van der Waals surface area contributed by atoms with Crippen molar-refractivity contribution in [1.29, 1.82) is 0 Å². The monoisotopic (exact) mass is 417 g/mol. The molecule has 3 amide bonds. The minimum Gasteiger partial charge on any atom is -0.444 e. The predicted molar refractivity (Wildman–Crippen MR) is 116 cm³/mol. The quantitative estimate of drug-likeness (QED) is 0.798. The van der Waals surface area contributed by atoms with Gasteiger partial charge in [0, 0.05) is 32.2 Å². The average Bonchev–Trinajstić information content (AvgIpc) is 2.66. The molecule has 7 heteroatoms. The summed E-state index contributed by atoms with van der Waals surface area (Å²) >= 11 is 0. The molecule has 0 saturated carbocycles. The largest absolute Gasteiger partial charge is 0.444 e. The van der Waals surface area contributed by atoms with Crippen molar-refractivity contribution in [2.75, 3.05) is 26.7 Å². The van der Waals surface area contributed by atoms with Crippen LogP contribution in [-0.2, 0) is 9.53 Å². The predicted octanol–water partition coefficient (Wildman–Crippen LogP) is 3.22. The van der Waals surface area contributed by atoms with Crippen molar-refractivity contribution in [3.05, 3.63) is 35.4 Å². The van der Waals surface area contributed by atoms with Crippen LogP contribution in [0.1, 0.15) is 56.5 Å². The number of aryl methyl sites for hydroxylation is 1. The van der Waals surface area contributed by atoms with Gasteiger partial charge in [-0.15, -0.1) is 0 Å². The molecule has 30 heavy (non-hydrogen) atoms. The third-order valence-electron chi connectivity index (χ3n) is 5.07. The van der Waals surface area contributed by atoms with Crippen molar-refractivity contribution < 1.29 is 19.1 Å². The molecule has 2 atom stereocenters. The highest BCUT2D eigenvalue weighted by atomic mass is 16.6. The summed E-state index contributed by atoms with van der Waals surface area (Å²) in [7, 11) is 1.72. The zero-order valence-electron chi connectivity index (χ0n) is 19.0. The lowest BCUT2D eigenvalue weighted by Crippen LogP contribution is -2.51. The Kier molecular flexibility index (Phi) is 7.87. The molecule has 0 aromatic heterocycles. The molecule has 0 aliphatic carbocycles. The van der Waals surface area contributed by atoms with E-state index in [2.05, 4.69) is 5.32 Å². The first-order chi connectivity index (χ1) is 14.0. The van der Waals surface area contributed by atoms with Crippen molar-refractivity contribution >= 4 is 17.9 Å². The maximum absolute atomic E-state index is 12.9. The molecule has 1 heterocycles. The van der Waals surface area contributed by atoms with Crippen LogP contribution in [-0.4, -0.2) is 66.0 Å². The summed E-state index contributed by atoms with van der Waals surface area (Å²) in [5, 5.41) is 2.81. The van der Waals surface area contributed by atoms with E-state index in [1.54, 1.807) is 35.9 Å². The van der Waals surface area contributed by atoms with E-state index in [9.17, 15) is 14.4 Å². The molecule has 7 nitrogen and oxygen atoms in total. The van der Waals surface area contributed by atoms with Gasteiger partial charge in [-0.25, -0.2) is 4.79 Å². The number of ether oxygens (including phenoxy) is 1. The maximum atomic E-state index is 12.9. The van der Waals surface area contributed by atoms with Crippen LogP contribution in [0.5, 0.6) is 0 Å². The molecule has 1 aliphatic heterocycles. The smallest absolute Gasteiger partial charge is 0.410 e. The fourth-order valence-electron chi connectivity index (χ4n) is 3.62. The molecular weight excluding hydrogens is 382 g/mol. The zero-order valence-corrected chi connectivity index (χ0v) is 19.0. The summed E-state index contributed by atoms with van der Waals surface area (Å²) in [6, 6.07) is 6.68. The molecule has 1 fully saturated rings. The van der Waals surface area contributed by atoms with E-state index >= 15 is 0 Å². The van der Waals surface area contributed by atoms with Crippen LogP contribution in [0.4, 0.5) is 4.79 Å². The molecule has 1 aromatic carbocycles. The van der Waals surface area contributed by atoms with E-state index < -0.39 is 11.6 Å². The summed E-state index contributed by atoms with van der Waals surface area (Å²) in [6.07, 6.45) is 1.46. The summed E-state index contributed by atoms with van der Waals surface area (Å²) in [4.78, 5) is 40.9. The highest BCUT2D eigenvalue weighted by Gasteiger charge is 2.30. The van der Waals surface area contributed by atoms with Crippen LogP contribution in [0.25, 0.3) is 0 Å². The molecular formula is C23H35N3O4. The molecule has 1 N–H and O–H groups in total. The van der Waals surface area contributed by atoms with Gasteiger partial charge >= 0.3 is 6.09 Å². The van der Waals surface area contributed by atoms with Crippen LogP contribution in [0, 0.1) is 12.8 Å². The minimum absolute atomic E-state index is 0.0966. The number of hydrogen-bond donors (Lipinski definition) is 1.